The number of carbonyl (C=O) groups excluding carboxylic acids is 3. The maximum atomic E-state index is 14.0. The molecule has 0 aliphatic heterocycles. The highest BCUT2D eigenvalue weighted by molar-refractivity contribution is 6.35. The Kier molecular flexibility index (Phi) is 7.99. The van der Waals surface area contributed by atoms with Crippen LogP contribution in [0.2, 0.25) is 10.0 Å². The molecule has 0 unspecified atom stereocenters. The molecule has 4 N–H and O–H groups in total. The molecule has 2 aromatic rings. The van der Waals surface area contributed by atoms with Gasteiger partial charge in [-0.25, -0.2) is 4.39 Å². The van der Waals surface area contributed by atoms with Gasteiger partial charge >= 0.3 is 0 Å². The molecule has 0 fully saturated rings. The Labute approximate surface area is 177 Å². The molecule has 0 saturated heterocycles. The minimum atomic E-state index is -1.09. The van der Waals surface area contributed by atoms with Crippen LogP contribution >= 0.6 is 23.2 Å². The summed E-state index contributed by atoms with van der Waals surface area (Å²) < 4.78 is 14.0. The Morgan fingerprint density at radius 1 is 1.00 bits per heavy atom. The van der Waals surface area contributed by atoms with E-state index in [2.05, 4.69) is 10.6 Å². The molecule has 2 rings (SSSR count). The maximum absolute atomic E-state index is 14.0. The average Bonchev–Trinajstić information content (AvgIpc) is 2.63. The van der Waals surface area contributed by atoms with Crippen LogP contribution in [0.15, 0.2) is 42.5 Å². The third kappa shape index (κ3) is 6.73. The fourth-order valence-corrected chi connectivity index (χ4v) is 3.23. The number of halogens is 3. The van der Waals surface area contributed by atoms with E-state index in [9.17, 15) is 18.8 Å². The molecule has 29 heavy (non-hydrogen) atoms. The molecule has 0 radical (unpaired) electrons. The monoisotopic (exact) mass is 439 g/mol. The summed E-state index contributed by atoms with van der Waals surface area (Å²) in [4.78, 5) is 36.1. The number of carbonyl (C=O) groups is 3. The minimum absolute atomic E-state index is 0.0313. The standard InChI is InChI=1S/C20H20Cl2FN3O3/c1-11(27)25-18(9-13-4-2-3-5-16(13)23)20(29)26-17(19(24)28)8-12-6-7-14(21)10-15(12)22/h2-7,10,17-18H,8-9H2,1H3,(H2,24,28)(H,25,27)(H,26,29)/t17-,18+/m0/s1. The zero-order valence-electron chi connectivity index (χ0n) is 15.5. The van der Waals surface area contributed by atoms with Crippen molar-refractivity contribution in [3.05, 3.63) is 69.5 Å². The van der Waals surface area contributed by atoms with Crippen LogP contribution in [0, 0.1) is 5.82 Å². The van der Waals surface area contributed by atoms with Crippen LogP contribution in [0.25, 0.3) is 0 Å². The second-order valence-corrected chi connectivity index (χ2v) is 7.30. The van der Waals surface area contributed by atoms with Gasteiger partial charge in [-0.15, -0.1) is 0 Å². The van der Waals surface area contributed by atoms with Gasteiger partial charge in [0.05, 0.1) is 0 Å². The highest BCUT2D eigenvalue weighted by atomic mass is 35.5. The topological polar surface area (TPSA) is 101 Å². The Morgan fingerprint density at radius 3 is 2.24 bits per heavy atom. The second-order valence-electron chi connectivity index (χ2n) is 6.45. The first-order valence-electron chi connectivity index (χ1n) is 8.71. The first-order chi connectivity index (χ1) is 13.7. The van der Waals surface area contributed by atoms with Crippen LogP contribution in [-0.2, 0) is 27.2 Å². The van der Waals surface area contributed by atoms with E-state index in [1.165, 1.54) is 31.2 Å². The van der Waals surface area contributed by atoms with E-state index < -0.39 is 35.6 Å². The van der Waals surface area contributed by atoms with Gasteiger partial charge in [-0.3, -0.25) is 14.4 Å². The molecule has 6 nitrogen and oxygen atoms in total. The van der Waals surface area contributed by atoms with E-state index in [0.717, 1.165) is 0 Å². The van der Waals surface area contributed by atoms with Gasteiger partial charge in [-0.2, -0.15) is 0 Å². The largest absolute Gasteiger partial charge is 0.368 e. The Hall–Kier alpha value is -2.64. The number of nitrogens with two attached hydrogens (primary N) is 1. The van der Waals surface area contributed by atoms with Crippen LogP contribution in [0.5, 0.6) is 0 Å². The number of hydrogen-bond acceptors (Lipinski definition) is 3. The van der Waals surface area contributed by atoms with E-state index in [4.69, 9.17) is 28.9 Å². The number of benzene rings is 2. The SMILES string of the molecule is CC(=O)N[C@H](Cc1ccccc1F)C(=O)N[C@@H](Cc1ccc(Cl)cc1Cl)C(N)=O. The van der Waals surface area contributed by atoms with E-state index >= 15 is 0 Å². The van der Waals surface area contributed by atoms with Gasteiger partial charge in [0.15, 0.2) is 0 Å². The second kappa shape index (κ2) is 10.2. The number of hydrogen-bond donors (Lipinski definition) is 3. The molecular formula is C20H20Cl2FN3O3. The summed E-state index contributed by atoms with van der Waals surface area (Å²) in [5.41, 5.74) is 6.23. The zero-order chi connectivity index (χ0) is 21.6. The fraction of sp³-hybridized carbons (Fsp3) is 0.250. The summed E-state index contributed by atoms with van der Waals surface area (Å²) in [6.45, 7) is 1.24. The summed E-state index contributed by atoms with van der Waals surface area (Å²) in [5, 5.41) is 5.73. The van der Waals surface area contributed by atoms with E-state index in [0.29, 0.717) is 15.6 Å². The van der Waals surface area contributed by atoms with Crippen LogP contribution in [0.3, 0.4) is 0 Å². The molecule has 0 heterocycles. The van der Waals surface area contributed by atoms with Crippen molar-refractivity contribution in [2.75, 3.05) is 0 Å². The molecule has 0 aliphatic rings. The first-order valence-corrected chi connectivity index (χ1v) is 9.47. The molecule has 2 aromatic carbocycles. The molecule has 154 valence electrons. The predicted octanol–water partition coefficient (Wildman–Crippen LogP) is 2.39. The van der Waals surface area contributed by atoms with E-state index in [1.54, 1.807) is 18.2 Å². The van der Waals surface area contributed by atoms with Gasteiger partial charge < -0.3 is 16.4 Å². The zero-order valence-corrected chi connectivity index (χ0v) is 17.1. The van der Waals surface area contributed by atoms with Crippen molar-refractivity contribution in [3.8, 4) is 0 Å². The third-order valence-electron chi connectivity index (χ3n) is 4.17. The van der Waals surface area contributed by atoms with Crippen LogP contribution in [-0.4, -0.2) is 29.8 Å². The van der Waals surface area contributed by atoms with Gasteiger partial charge in [-0.05, 0) is 29.3 Å². The smallest absolute Gasteiger partial charge is 0.243 e. The molecule has 0 aliphatic carbocycles. The molecule has 0 bridgehead atoms. The molecule has 0 spiro atoms. The lowest BCUT2D eigenvalue weighted by molar-refractivity contribution is -0.130. The lowest BCUT2D eigenvalue weighted by atomic mass is 10.0. The van der Waals surface area contributed by atoms with Gasteiger partial charge in [0.2, 0.25) is 17.7 Å². The minimum Gasteiger partial charge on any atom is -0.368 e. The molecule has 0 aromatic heterocycles. The van der Waals surface area contributed by atoms with Crippen molar-refractivity contribution in [3.63, 3.8) is 0 Å². The Morgan fingerprint density at radius 2 is 1.66 bits per heavy atom. The van der Waals surface area contributed by atoms with Crippen molar-refractivity contribution in [2.45, 2.75) is 31.8 Å². The van der Waals surface area contributed by atoms with Gasteiger partial charge in [0.1, 0.15) is 17.9 Å². The van der Waals surface area contributed by atoms with Crippen molar-refractivity contribution >= 4 is 40.9 Å². The third-order valence-corrected chi connectivity index (χ3v) is 4.76. The van der Waals surface area contributed by atoms with E-state index in [-0.39, 0.29) is 18.4 Å². The number of primary amides is 1. The van der Waals surface area contributed by atoms with Gasteiger partial charge in [0.25, 0.3) is 0 Å². The number of amides is 3. The summed E-state index contributed by atoms with van der Waals surface area (Å²) in [7, 11) is 0. The van der Waals surface area contributed by atoms with Gasteiger partial charge in [0, 0.05) is 29.8 Å². The molecule has 3 amide bonds. The van der Waals surface area contributed by atoms with Crippen LogP contribution in [0.1, 0.15) is 18.1 Å². The van der Waals surface area contributed by atoms with E-state index in [1.807, 2.05) is 0 Å². The molecule has 9 heteroatoms. The molecular weight excluding hydrogens is 420 g/mol. The molecule has 2 atom stereocenters. The Balaban J connectivity index is 2.18. The predicted molar refractivity (Wildman–Crippen MR) is 109 cm³/mol. The average molecular weight is 440 g/mol. The first kappa shape index (κ1) is 22.6. The summed E-state index contributed by atoms with van der Waals surface area (Å²) in [6.07, 6.45) is -0.0607. The fourth-order valence-electron chi connectivity index (χ4n) is 2.74. The Bertz CT molecular complexity index is 924. The van der Waals surface area contributed by atoms with Gasteiger partial charge in [-0.1, -0.05) is 47.5 Å². The molecule has 0 saturated carbocycles. The lowest BCUT2D eigenvalue weighted by Gasteiger charge is -2.22. The number of nitrogens with one attached hydrogen (secondary N) is 2. The van der Waals surface area contributed by atoms with Crippen molar-refractivity contribution < 1.29 is 18.8 Å². The summed E-state index contributed by atoms with van der Waals surface area (Å²) >= 11 is 12.0. The van der Waals surface area contributed by atoms with Crippen molar-refractivity contribution in [1.82, 2.24) is 10.6 Å². The summed E-state index contributed by atoms with van der Waals surface area (Å²) in [6, 6.07) is 8.46. The van der Waals surface area contributed by atoms with Crippen LogP contribution in [0.4, 0.5) is 4.39 Å². The van der Waals surface area contributed by atoms with Crippen molar-refractivity contribution in [1.29, 1.82) is 0 Å². The number of rotatable bonds is 8. The maximum Gasteiger partial charge on any atom is 0.243 e. The normalized spacial score (nSPS) is 12.7. The highest BCUT2D eigenvalue weighted by Crippen LogP contribution is 2.22. The lowest BCUT2D eigenvalue weighted by Crippen LogP contribution is -2.54. The highest BCUT2D eigenvalue weighted by Gasteiger charge is 2.26. The summed E-state index contributed by atoms with van der Waals surface area (Å²) in [5.74, 6) is -2.43. The van der Waals surface area contributed by atoms with Crippen LogP contribution < -0.4 is 16.4 Å². The van der Waals surface area contributed by atoms with Crippen molar-refractivity contribution in [2.24, 2.45) is 5.73 Å². The quantitative estimate of drug-likeness (QED) is 0.588.